The lowest BCUT2D eigenvalue weighted by atomic mass is 10.1. The Balaban J connectivity index is 1.83. The molecular weight excluding hydrogens is 298 g/mol. The van der Waals surface area contributed by atoms with E-state index in [1.807, 2.05) is 57.2 Å². The molecule has 0 radical (unpaired) electrons. The van der Waals surface area contributed by atoms with Gasteiger partial charge in [0, 0.05) is 6.04 Å². The van der Waals surface area contributed by atoms with Crippen molar-refractivity contribution in [1.29, 1.82) is 0 Å². The van der Waals surface area contributed by atoms with Crippen molar-refractivity contribution in [2.24, 2.45) is 0 Å². The van der Waals surface area contributed by atoms with Gasteiger partial charge in [-0.15, -0.1) is 0 Å². The van der Waals surface area contributed by atoms with E-state index < -0.39 is 6.10 Å². The molecule has 0 spiro atoms. The Morgan fingerprint density at radius 1 is 1.08 bits per heavy atom. The van der Waals surface area contributed by atoms with E-state index in [1.54, 1.807) is 6.92 Å². The van der Waals surface area contributed by atoms with Gasteiger partial charge in [0.05, 0.1) is 0 Å². The van der Waals surface area contributed by atoms with Crippen molar-refractivity contribution in [2.75, 3.05) is 0 Å². The fraction of sp³-hybridized carbons (Fsp3) is 0.381. The summed E-state index contributed by atoms with van der Waals surface area (Å²) in [7, 11) is 0. The van der Waals surface area contributed by atoms with Gasteiger partial charge in [0.15, 0.2) is 6.10 Å². The van der Waals surface area contributed by atoms with Crippen molar-refractivity contribution in [3.8, 4) is 5.75 Å². The molecule has 0 bridgehead atoms. The topological polar surface area (TPSA) is 38.3 Å². The summed E-state index contributed by atoms with van der Waals surface area (Å²) in [6, 6.07) is 16.5. The molecule has 2 rings (SSSR count). The number of hydrogen-bond donors (Lipinski definition) is 1. The van der Waals surface area contributed by atoms with Crippen LogP contribution in [0.3, 0.4) is 0 Å². The number of aryl methyl sites for hydroxylation is 3. The van der Waals surface area contributed by atoms with E-state index in [2.05, 4.69) is 17.4 Å². The minimum absolute atomic E-state index is 0.0727. The minimum Gasteiger partial charge on any atom is -0.481 e. The molecule has 24 heavy (non-hydrogen) atoms. The highest BCUT2D eigenvalue weighted by molar-refractivity contribution is 5.81. The Kier molecular flexibility index (Phi) is 6.42. The molecule has 0 aliphatic heterocycles. The Morgan fingerprint density at radius 3 is 2.50 bits per heavy atom. The second-order valence-electron chi connectivity index (χ2n) is 6.46. The van der Waals surface area contributed by atoms with E-state index in [9.17, 15) is 4.79 Å². The third kappa shape index (κ3) is 5.41. The van der Waals surface area contributed by atoms with Crippen LogP contribution in [0.25, 0.3) is 0 Å². The number of benzene rings is 2. The Labute approximate surface area is 145 Å². The molecular formula is C21H27NO2. The van der Waals surface area contributed by atoms with Gasteiger partial charge in [-0.05, 0) is 63.3 Å². The predicted octanol–water partition coefficient (Wildman–Crippen LogP) is 4.21. The van der Waals surface area contributed by atoms with Crippen LogP contribution < -0.4 is 10.1 Å². The van der Waals surface area contributed by atoms with Gasteiger partial charge in [0.2, 0.25) is 0 Å². The van der Waals surface area contributed by atoms with Gasteiger partial charge in [0.25, 0.3) is 5.91 Å². The molecule has 0 saturated carbocycles. The van der Waals surface area contributed by atoms with Crippen LogP contribution >= 0.6 is 0 Å². The highest BCUT2D eigenvalue weighted by Crippen LogP contribution is 2.20. The van der Waals surface area contributed by atoms with Crippen LogP contribution in [-0.4, -0.2) is 18.1 Å². The first-order valence-corrected chi connectivity index (χ1v) is 8.54. The lowest BCUT2D eigenvalue weighted by Crippen LogP contribution is -2.41. The van der Waals surface area contributed by atoms with E-state index in [1.165, 1.54) is 5.56 Å². The highest BCUT2D eigenvalue weighted by Gasteiger charge is 2.17. The van der Waals surface area contributed by atoms with Crippen molar-refractivity contribution in [1.82, 2.24) is 5.32 Å². The molecule has 1 amide bonds. The summed E-state index contributed by atoms with van der Waals surface area (Å²) >= 11 is 0. The summed E-state index contributed by atoms with van der Waals surface area (Å²) in [5.41, 5.74) is 3.45. The first-order valence-electron chi connectivity index (χ1n) is 8.54. The van der Waals surface area contributed by atoms with Crippen LogP contribution in [0.5, 0.6) is 5.75 Å². The van der Waals surface area contributed by atoms with Crippen LogP contribution in [-0.2, 0) is 11.2 Å². The summed E-state index contributed by atoms with van der Waals surface area (Å²) in [5.74, 6) is 0.700. The summed E-state index contributed by atoms with van der Waals surface area (Å²) < 4.78 is 5.84. The zero-order valence-corrected chi connectivity index (χ0v) is 15.0. The predicted molar refractivity (Wildman–Crippen MR) is 98.4 cm³/mol. The van der Waals surface area contributed by atoms with Gasteiger partial charge in [-0.3, -0.25) is 4.79 Å². The number of carbonyl (C=O) groups excluding carboxylic acids is 1. The van der Waals surface area contributed by atoms with Crippen LogP contribution in [0, 0.1) is 13.8 Å². The lowest BCUT2D eigenvalue weighted by Gasteiger charge is -2.20. The third-order valence-corrected chi connectivity index (χ3v) is 4.11. The summed E-state index contributed by atoms with van der Waals surface area (Å²) in [6.07, 6.45) is 1.35. The van der Waals surface area contributed by atoms with Crippen molar-refractivity contribution < 1.29 is 9.53 Å². The Bertz CT molecular complexity index is 667. The average molecular weight is 325 g/mol. The van der Waals surface area contributed by atoms with Gasteiger partial charge < -0.3 is 10.1 Å². The van der Waals surface area contributed by atoms with Gasteiger partial charge in [-0.25, -0.2) is 0 Å². The standard InChI is InChI=1S/C21H27NO2/c1-15-10-11-16(2)20(14-15)24-18(4)21(23)22-17(3)12-13-19-8-6-5-7-9-19/h5-11,14,17-18H,12-13H2,1-4H3,(H,22,23)/t17-,18+/m1/s1. The van der Waals surface area contributed by atoms with Crippen molar-refractivity contribution in [2.45, 2.75) is 52.7 Å². The molecule has 2 aromatic rings. The molecule has 3 nitrogen and oxygen atoms in total. The van der Waals surface area contributed by atoms with E-state index >= 15 is 0 Å². The van der Waals surface area contributed by atoms with Crippen LogP contribution in [0.2, 0.25) is 0 Å². The third-order valence-electron chi connectivity index (χ3n) is 4.11. The highest BCUT2D eigenvalue weighted by atomic mass is 16.5. The number of rotatable bonds is 7. The maximum atomic E-state index is 12.3. The molecule has 3 heteroatoms. The van der Waals surface area contributed by atoms with Crippen molar-refractivity contribution in [3.05, 3.63) is 65.2 Å². The van der Waals surface area contributed by atoms with Crippen LogP contribution in [0.1, 0.15) is 37.0 Å². The van der Waals surface area contributed by atoms with Crippen LogP contribution in [0.4, 0.5) is 0 Å². The minimum atomic E-state index is -0.510. The smallest absolute Gasteiger partial charge is 0.260 e. The Hall–Kier alpha value is -2.29. The van der Waals surface area contributed by atoms with Gasteiger partial charge in [-0.1, -0.05) is 42.5 Å². The van der Waals surface area contributed by atoms with Gasteiger partial charge in [-0.2, -0.15) is 0 Å². The molecule has 0 unspecified atom stereocenters. The molecule has 0 heterocycles. The molecule has 1 N–H and O–H groups in total. The molecule has 0 fully saturated rings. The fourth-order valence-corrected chi connectivity index (χ4v) is 2.54. The monoisotopic (exact) mass is 325 g/mol. The van der Waals surface area contributed by atoms with E-state index in [0.29, 0.717) is 0 Å². The zero-order chi connectivity index (χ0) is 17.5. The second kappa shape index (κ2) is 8.53. The average Bonchev–Trinajstić information content (AvgIpc) is 2.57. The number of ether oxygens (including phenoxy) is 1. The quantitative estimate of drug-likeness (QED) is 0.828. The summed E-state index contributed by atoms with van der Waals surface area (Å²) in [4.78, 5) is 12.3. The molecule has 2 aromatic carbocycles. The van der Waals surface area contributed by atoms with E-state index in [4.69, 9.17) is 4.74 Å². The van der Waals surface area contributed by atoms with Gasteiger partial charge in [0.1, 0.15) is 5.75 Å². The van der Waals surface area contributed by atoms with E-state index in [-0.39, 0.29) is 11.9 Å². The number of hydrogen-bond acceptors (Lipinski definition) is 2. The normalized spacial score (nSPS) is 13.2. The SMILES string of the molecule is Cc1ccc(C)c(O[C@@H](C)C(=O)N[C@H](C)CCc2ccccc2)c1. The zero-order valence-electron chi connectivity index (χ0n) is 15.0. The molecule has 0 aromatic heterocycles. The van der Waals surface area contributed by atoms with Gasteiger partial charge >= 0.3 is 0 Å². The first kappa shape index (κ1) is 18.1. The summed E-state index contributed by atoms with van der Waals surface area (Å²) in [6.45, 7) is 7.83. The molecule has 0 saturated heterocycles. The largest absolute Gasteiger partial charge is 0.481 e. The molecule has 0 aliphatic rings. The van der Waals surface area contributed by atoms with Crippen LogP contribution in [0.15, 0.2) is 48.5 Å². The maximum Gasteiger partial charge on any atom is 0.260 e. The van der Waals surface area contributed by atoms with Crippen molar-refractivity contribution >= 4 is 5.91 Å². The Morgan fingerprint density at radius 2 is 1.79 bits per heavy atom. The number of amides is 1. The molecule has 128 valence electrons. The first-order chi connectivity index (χ1) is 11.5. The fourth-order valence-electron chi connectivity index (χ4n) is 2.54. The second-order valence-corrected chi connectivity index (χ2v) is 6.46. The van der Waals surface area contributed by atoms with Crippen molar-refractivity contribution in [3.63, 3.8) is 0 Å². The summed E-state index contributed by atoms with van der Waals surface area (Å²) in [5, 5.41) is 3.04. The number of carbonyl (C=O) groups is 1. The maximum absolute atomic E-state index is 12.3. The molecule has 0 aliphatic carbocycles. The molecule has 2 atom stereocenters. The van der Waals surface area contributed by atoms with E-state index in [0.717, 1.165) is 29.7 Å². The lowest BCUT2D eigenvalue weighted by molar-refractivity contribution is -0.127. The number of nitrogens with one attached hydrogen (secondary N) is 1.